The van der Waals surface area contributed by atoms with Crippen LogP contribution in [0.5, 0.6) is 0 Å². The summed E-state index contributed by atoms with van der Waals surface area (Å²) < 4.78 is 0. The van der Waals surface area contributed by atoms with Crippen molar-refractivity contribution in [3.8, 4) is 0 Å². The van der Waals surface area contributed by atoms with Crippen molar-refractivity contribution in [2.45, 2.75) is 39.2 Å². The van der Waals surface area contributed by atoms with Gasteiger partial charge in [-0.25, -0.2) is 4.79 Å². The molecule has 4 nitrogen and oxygen atoms in total. The molecule has 0 bridgehead atoms. The highest BCUT2D eigenvalue weighted by atomic mass is 16.3. The van der Waals surface area contributed by atoms with Gasteiger partial charge in [-0.2, -0.15) is 0 Å². The first-order valence-electron chi connectivity index (χ1n) is 7.32. The van der Waals surface area contributed by atoms with E-state index in [0.29, 0.717) is 5.41 Å². The smallest absolute Gasteiger partial charge is 0.314 e. The first kappa shape index (κ1) is 14.9. The minimum atomic E-state index is -0.664. The number of aryl methyl sites for hydroxylation is 1. The second kappa shape index (κ2) is 6.27. The molecule has 0 aliphatic heterocycles. The summed E-state index contributed by atoms with van der Waals surface area (Å²) >= 11 is 0. The Morgan fingerprint density at radius 1 is 1.35 bits per heavy atom. The monoisotopic (exact) mass is 276 g/mol. The second-order valence-corrected chi connectivity index (χ2v) is 5.79. The van der Waals surface area contributed by atoms with Crippen LogP contribution in [0.4, 0.5) is 4.79 Å². The third-order valence-corrected chi connectivity index (χ3v) is 4.33. The SMILES string of the molecule is CCC1(CNC(=O)NCC(O)c2ccccc2C)CC1. The van der Waals surface area contributed by atoms with E-state index < -0.39 is 6.10 Å². The molecule has 1 saturated carbocycles. The summed E-state index contributed by atoms with van der Waals surface area (Å²) in [6.07, 6.45) is 2.85. The highest BCUT2D eigenvalue weighted by Crippen LogP contribution is 2.47. The van der Waals surface area contributed by atoms with Gasteiger partial charge < -0.3 is 15.7 Å². The van der Waals surface area contributed by atoms with Crippen LogP contribution in [0.1, 0.15) is 43.4 Å². The average molecular weight is 276 g/mol. The lowest BCUT2D eigenvalue weighted by Crippen LogP contribution is -2.40. The highest BCUT2D eigenvalue weighted by Gasteiger charge is 2.40. The van der Waals surface area contributed by atoms with E-state index in [-0.39, 0.29) is 12.6 Å². The maximum Gasteiger partial charge on any atom is 0.314 e. The van der Waals surface area contributed by atoms with Crippen molar-refractivity contribution in [3.05, 3.63) is 35.4 Å². The van der Waals surface area contributed by atoms with Crippen LogP contribution in [-0.2, 0) is 0 Å². The molecular weight excluding hydrogens is 252 g/mol. The van der Waals surface area contributed by atoms with E-state index in [2.05, 4.69) is 17.6 Å². The van der Waals surface area contributed by atoms with E-state index >= 15 is 0 Å². The molecule has 3 N–H and O–H groups in total. The lowest BCUT2D eigenvalue weighted by atomic mass is 10.0. The van der Waals surface area contributed by atoms with Crippen molar-refractivity contribution in [2.24, 2.45) is 5.41 Å². The fourth-order valence-electron chi connectivity index (χ4n) is 2.42. The quantitative estimate of drug-likeness (QED) is 0.747. The predicted octanol–water partition coefficient (Wildman–Crippen LogP) is 2.52. The van der Waals surface area contributed by atoms with Gasteiger partial charge in [-0.1, -0.05) is 31.2 Å². The molecule has 0 spiro atoms. The van der Waals surface area contributed by atoms with E-state index in [1.165, 1.54) is 12.8 Å². The summed E-state index contributed by atoms with van der Waals surface area (Å²) in [4.78, 5) is 11.7. The van der Waals surface area contributed by atoms with Crippen molar-refractivity contribution in [2.75, 3.05) is 13.1 Å². The van der Waals surface area contributed by atoms with Crippen LogP contribution in [0.2, 0.25) is 0 Å². The van der Waals surface area contributed by atoms with Crippen molar-refractivity contribution in [1.29, 1.82) is 0 Å². The summed E-state index contributed by atoms with van der Waals surface area (Å²) in [6, 6.07) is 7.47. The van der Waals surface area contributed by atoms with Gasteiger partial charge in [-0.15, -0.1) is 0 Å². The molecule has 4 heteroatoms. The number of aliphatic hydroxyl groups excluding tert-OH is 1. The molecule has 1 atom stereocenters. The molecule has 2 amide bonds. The summed E-state index contributed by atoms with van der Waals surface area (Å²) in [5, 5.41) is 15.7. The summed E-state index contributed by atoms with van der Waals surface area (Å²) in [6.45, 7) is 5.08. The van der Waals surface area contributed by atoms with E-state index in [9.17, 15) is 9.90 Å². The lowest BCUT2D eigenvalue weighted by molar-refractivity contribution is 0.172. The number of rotatable bonds is 6. The molecule has 1 aliphatic rings. The second-order valence-electron chi connectivity index (χ2n) is 5.79. The third kappa shape index (κ3) is 3.73. The lowest BCUT2D eigenvalue weighted by Gasteiger charge is -2.17. The Morgan fingerprint density at radius 2 is 2.05 bits per heavy atom. The molecule has 2 rings (SSSR count). The third-order valence-electron chi connectivity index (χ3n) is 4.33. The average Bonchev–Trinajstić information content (AvgIpc) is 3.24. The first-order chi connectivity index (χ1) is 9.56. The van der Waals surface area contributed by atoms with Crippen LogP contribution in [0.15, 0.2) is 24.3 Å². The minimum Gasteiger partial charge on any atom is -0.387 e. The van der Waals surface area contributed by atoms with Crippen molar-refractivity contribution >= 4 is 6.03 Å². The van der Waals surface area contributed by atoms with Gasteiger partial charge in [0.2, 0.25) is 0 Å². The topological polar surface area (TPSA) is 61.4 Å². The Labute approximate surface area is 120 Å². The number of carbonyl (C=O) groups is 1. The number of aliphatic hydroxyl groups is 1. The molecule has 0 saturated heterocycles. The molecule has 0 heterocycles. The minimum absolute atomic E-state index is 0.197. The van der Waals surface area contributed by atoms with Gasteiger partial charge in [-0.3, -0.25) is 0 Å². The van der Waals surface area contributed by atoms with Gasteiger partial charge in [0.25, 0.3) is 0 Å². The van der Waals surface area contributed by atoms with Crippen molar-refractivity contribution in [1.82, 2.24) is 10.6 Å². The molecule has 1 aliphatic carbocycles. The number of benzene rings is 1. The summed E-state index contributed by atoms with van der Waals surface area (Å²) in [7, 11) is 0. The molecule has 0 aromatic heterocycles. The van der Waals surface area contributed by atoms with Gasteiger partial charge in [0.1, 0.15) is 0 Å². The summed E-state index contributed by atoms with van der Waals surface area (Å²) in [5.41, 5.74) is 2.23. The van der Waals surface area contributed by atoms with Gasteiger partial charge in [-0.05, 0) is 42.7 Å². The fraction of sp³-hybridized carbons (Fsp3) is 0.562. The van der Waals surface area contributed by atoms with Gasteiger partial charge in [0.15, 0.2) is 0 Å². The maximum atomic E-state index is 11.7. The van der Waals surface area contributed by atoms with E-state index in [1.807, 2.05) is 31.2 Å². The fourth-order valence-corrected chi connectivity index (χ4v) is 2.42. The zero-order valence-electron chi connectivity index (χ0n) is 12.3. The number of hydrogen-bond donors (Lipinski definition) is 3. The Morgan fingerprint density at radius 3 is 2.65 bits per heavy atom. The zero-order chi connectivity index (χ0) is 14.6. The molecule has 1 aromatic rings. The zero-order valence-corrected chi connectivity index (χ0v) is 12.3. The van der Waals surface area contributed by atoms with Crippen molar-refractivity contribution < 1.29 is 9.90 Å². The largest absolute Gasteiger partial charge is 0.387 e. The standard InChI is InChI=1S/C16H24N2O2/c1-3-16(8-9-16)11-18-15(20)17-10-14(19)13-7-5-4-6-12(13)2/h4-7,14,19H,3,8-11H2,1-2H3,(H2,17,18,20). The van der Waals surface area contributed by atoms with Crippen LogP contribution in [0.3, 0.4) is 0 Å². The van der Waals surface area contributed by atoms with E-state index in [0.717, 1.165) is 24.1 Å². The van der Waals surface area contributed by atoms with Gasteiger partial charge in [0.05, 0.1) is 6.10 Å². The van der Waals surface area contributed by atoms with E-state index in [1.54, 1.807) is 0 Å². The Kier molecular flexibility index (Phi) is 4.65. The number of urea groups is 1. The van der Waals surface area contributed by atoms with Gasteiger partial charge in [0, 0.05) is 13.1 Å². The predicted molar refractivity (Wildman–Crippen MR) is 79.5 cm³/mol. The number of carbonyl (C=O) groups excluding carboxylic acids is 1. The Hall–Kier alpha value is -1.55. The number of nitrogens with one attached hydrogen (secondary N) is 2. The van der Waals surface area contributed by atoms with Crippen LogP contribution < -0.4 is 10.6 Å². The number of amides is 2. The number of hydrogen-bond acceptors (Lipinski definition) is 2. The molecule has 1 fully saturated rings. The van der Waals surface area contributed by atoms with Crippen LogP contribution in [0.25, 0.3) is 0 Å². The first-order valence-corrected chi connectivity index (χ1v) is 7.32. The van der Waals surface area contributed by atoms with Crippen LogP contribution in [-0.4, -0.2) is 24.2 Å². The highest BCUT2D eigenvalue weighted by molar-refractivity contribution is 5.73. The molecule has 1 unspecified atom stereocenters. The molecule has 110 valence electrons. The van der Waals surface area contributed by atoms with Crippen molar-refractivity contribution in [3.63, 3.8) is 0 Å². The Balaban J connectivity index is 1.74. The summed E-state index contributed by atoms with van der Waals surface area (Å²) in [5.74, 6) is 0. The maximum absolute atomic E-state index is 11.7. The Bertz CT molecular complexity index is 469. The molecule has 1 aromatic carbocycles. The van der Waals surface area contributed by atoms with Crippen LogP contribution >= 0.6 is 0 Å². The normalized spacial score (nSPS) is 17.4. The molecular formula is C16H24N2O2. The van der Waals surface area contributed by atoms with E-state index in [4.69, 9.17) is 0 Å². The molecule has 0 radical (unpaired) electrons. The molecule has 20 heavy (non-hydrogen) atoms. The van der Waals surface area contributed by atoms with Crippen LogP contribution in [0, 0.1) is 12.3 Å². The van der Waals surface area contributed by atoms with Gasteiger partial charge >= 0.3 is 6.03 Å².